The van der Waals surface area contributed by atoms with Crippen molar-refractivity contribution in [3.05, 3.63) is 72.6 Å². The number of amides is 1. The molecule has 0 spiro atoms. The molecule has 5 nitrogen and oxygen atoms in total. The smallest absolute Gasteiger partial charge is 0.274 e. The second-order valence-electron chi connectivity index (χ2n) is 7.44. The lowest BCUT2D eigenvalue weighted by atomic mass is 10.1. The molecule has 1 N–H and O–H groups in total. The maximum Gasteiger partial charge on any atom is 0.274 e. The third kappa shape index (κ3) is 3.78. The zero-order valence-electron chi connectivity index (χ0n) is 16.5. The van der Waals surface area contributed by atoms with Gasteiger partial charge in [-0.15, -0.1) is 11.3 Å². The molecule has 1 aliphatic heterocycles. The minimum Gasteiger partial charge on any atom is -0.370 e. The minimum atomic E-state index is -0.193. The number of piperidine rings is 1. The Kier molecular flexibility index (Phi) is 5.15. The van der Waals surface area contributed by atoms with Gasteiger partial charge in [0.15, 0.2) is 0 Å². The molecule has 6 heteroatoms. The van der Waals surface area contributed by atoms with Crippen molar-refractivity contribution in [1.29, 1.82) is 0 Å². The molecule has 0 saturated carbocycles. The summed E-state index contributed by atoms with van der Waals surface area (Å²) in [4.78, 5) is 24.1. The molecule has 3 heterocycles. The molecule has 0 atom stereocenters. The largest absolute Gasteiger partial charge is 0.370 e. The molecule has 2 aromatic carbocycles. The van der Waals surface area contributed by atoms with Crippen LogP contribution < -0.4 is 10.2 Å². The second-order valence-corrected chi connectivity index (χ2v) is 8.47. The monoisotopic (exact) mass is 414 g/mol. The summed E-state index contributed by atoms with van der Waals surface area (Å²) < 4.78 is 1.18. The number of benzene rings is 2. The van der Waals surface area contributed by atoms with Gasteiger partial charge in [-0.2, -0.15) is 0 Å². The molecule has 4 aromatic rings. The van der Waals surface area contributed by atoms with Crippen molar-refractivity contribution in [2.45, 2.75) is 19.3 Å². The van der Waals surface area contributed by atoms with Gasteiger partial charge in [0.25, 0.3) is 5.91 Å². The van der Waals surface area contributed by atoms with Gasteiger partial charge in [0.1, 0.15) is 10.7 Å². The zero-order valence-corrected chi connectivity index (χ0v) is 17.4. The predicted octanol–water partition coefficient (Wildman–Crippen LogP) is 5.60. The van der Waals surface area contributed by atoms with Gasteiger partial charge >= 0.3 is 0 Å². The molecule has 1 amide bonds. The van der Waals surface area contributed by atoms with Crippen LogP contribution in [-0.4, -0.2) is 29.0 Å². The number of carbonyl (C=O) groups is 1. The predicted molar refractivity (Wildman–Crippen MR) is 123 cm³/mol. The molecule has 0 unspecified atom stereocenters. The summed E-state index contributed by atoms with van der Waals surface area (Å²) in [7, 11) is 0. The van der Waals surface area contributed by atoms with Gasteiger partial charge in [0.05, 0.1) is 21.6 Å². The summed E-state index contributed by atoms with van der Waals surface area (Å²) in [6.45, 7) is 1.99. The highest BCUT2D eigenvalue weighted by Crippen LogP contribution is 2.36. The second kappa shape index (κ2) is 8.24. The van der Waals surface area contributed by atoms with E-state index in [4.69, 9.17) is 4.98 Å². The highest BCUT2D eigenvalue weighted by atomic mass is 32.1. The Morgan fingerprint density at radius 1 is 0.967 bits per heavy atom. The first-order chi connectivity index (χ1) is 14.8. The van der Waals surface area contributed by atoms with E-state index in [1.54, 1.807) is 23.6 Å². The molecule has 2 aromatic heterocycles. The molecular weight excluding hydrogens is 392 g/mol. The fraction of sp³-hybridized carbons (Fsp3) is 0.208. The molecule has 1 fully saturated rings. The van der Waals surface area contributed by atoms with E-state index in [0.717, 1.165) is 40.6 Å². The lowest BCUT2D eigenvalue weighted by Gasteiger charge is -2.31. The third-order valence-corrected chi connectivity index (χ3v) is 6.47. The molecule has 1 saturated heterocycles. The van der Waals surface area contributed by atoms with Crippen molar-refractivity contribution in [1.82, 2.24) is 9.97 Å². The van der Waals surface area contributed by atoms with E-state index < -0.39 is 0 Å². The van der Waals surface area contributed by atoms with Crippen LogP contribution >= 0.6 is 11.3 Å². The maximum absolute atomic E-state index is 12.7. The topological polar surface area (TPSA) is 58.1 Å². The summed E-state index contributed by atoms with van der Waals surface area (Å²) in [5.41, 5.74) is 4.38. The van der Waals surface area contributed by atoms with E-state index >= 15 is 0 Å². The van der Waals surface area contributed by atoms with E-state index in [1.165, 1.54) is 24.0 Å². The number of hydrogen-bond acceptors (Lipinski definition) is 5. The number of rotatable bonds is 4. The van der Waals surface area contributed by atoms with Crippen LogP contribution in [0.15, 0.2) is 66.9 Å². The third-order valence-electron chi connectivity index (χ3n) is 5.38. The minimum absolute atomic E-state index is 0.193. The Labute approximate surface area is 179 Å². The van der Waals surface area contributed by atoms with E-state index in [2.05, 4.69) is 27.3 Å². The van der Waals surface area contributed by atoms with Crippen LogP contribution in [0.2, 0.25) is 0 Å². The molecular formula is C24H22N4OS. The average Bonchev–Trinajstić information content (AvgIpc) is 3.25. The van der Waals surface area contributed by atoms with Crippen LogP contribution in [0.3, 0.4) is 0 Å². The molecule has 0 radical (unpaired) electrons. The van der Waals surface area contributed by atoms with Crippen molar-refractivity contribution < 1.29 is 4.79 Å². The number of para-hydroxylation sites is 1. The molecule has 30 heavy (non-hydrogen) atoms. The number of anilines is 2. The number of fused-ring (bicyclic) bond motifs is 1. The van der Waals surface area contributed by atoms with Gasteiger partial charge in [-0.1, -0.05) is 18.2 Å². The quantitative estimate of drug-likeness (QED) is 0.472. The van der Waals surface area contributed by atoms with Gasteiger partial charge in [-0.05, 0) is 61.7 Å². The number of nitrogens with zero attached hydrogens (tertiary/aromatic N) is 3. The van der Waals surface area contributed by atoms with Gasteiger partial charge in [0, 0.05) is 24.8 Å². The maximum atomic E-state index is 12.7. The number of thiazole rings is 1. The standard InChI is InChI=1S/C24H22N4OS/c29-23(20-9-4-5-13-25-20)26-18-12-11-17(16-21(18)28-14-6-1-7-15-28)24-27-19-8-2-3-10-22(19)30-24/h2-5,8-13,16H,1,6-7,14-15H2,(H,26,29). The Bertz CT molecular complexity index is 1150. The van der Waals surface area contributed by atoms with Crippen molar-refractivity contribution in [2.75, 3.05) is 23.3 Å². The number of nitrogens with one attached hydrogen (secondary N) is 1. The summed E-state index contributed by atoms with van der Waals surface area (Å²) in [5, 5.41) is 4.07. The Morgan fingerprint density at radius 3 is 2.60 bits per heavy atom. The van der Waals surface area contributed by atoms with Crippen LogP contribution in [0.5, 0.6) is 0 Å². The Morgan fingerprint density at radius 2 is 1.80 bits per heavy atom. The van der Waals surface area contributed by atoms with Crippen LogP contribution in [0, 0.1) is 0 Å². The molecule has 1 aliphatic rings. The van der Waals surface area contributed by atoms with Crippen molar-refractivity contribution in [3.8, 4) is 10.6 Å². The van der Waals surface area contributed by atoms with Crippen LogP contribution in [0.4, 0.5) is 11.4 Å². The molecule has 0 bridgehead atoms. The van der Waals surface area contributed by atoms with Crippen LogP contribution in [-0.2, 0) is 0 Å². The Hall–Kier alpha value is -3.25. The van der Waals surface area contributed by atoms with Crippen molar-refractivity contribution in [3.63, 3.8) is 0 Å². The summed E-state index contributed by atoms with van der Waals surface area (Å²) in [6, 6.07) is 19.8. The molecule has 150 valence electrons. The summed E-state index contributed by atoms with van der Waals surface area (Å²) in [6.07, 6.45) is 5.22. The lowest BCUT2D eigenvalue weighted by molar-refractivity contribution is 0.102. The average molecular weight is 415 g/mol. The van der Waals surface area contributed by atoms with E-state index in [0.29, 0.717) is 5.69 Å². The summed E-state index contributed by atoms with van der Waals surface area (Å²) in [5.74, 6) is -0.193. The zero-order chi connectivity index (χ0) is 20.3. The lowest BCUT2D eigenvalue weighted by Crippen LogP contribution is -2.30. The first-order valence-electron chi connectivity index (χ1n) is 10.3. The first kappa shape index (κ1) is 18.8. The number of aromatic nitrogens is 2. The SMILES string of the molecule is O=C(Nc1ccc(-c2nc3ccccc3s2)cc1N1CCCCC1)c1ccccn1. The van der Waals surface area contributed by atoms with Crippen LogP contribution in [0.1, 0.15) is 29.8 Å². The normalized spacial score (nSPS) is 14.1. The molecule has 5 rings (SSSR count). The Balaban J connectivity index is 1.52. The summed E-state index contributed by atoms with van der Waals surface area (Å²) >= 11 is 1.70. The van der Waals surface area contributed by atoms with E-state index in [-0.39, 0.29) is 5.91 Å². The van der Waals surface area contributed by atoms with Gasteiger partial charge < -0.3 is 10.2 Å². The van der Waals surface area contributed by atoms with Gasteiger partial charge in [-0.3, -0.25) is 9.78 Å². The van der Waals surface area contributed by atoms with Crippen molar-refractivity contribution >= 4 is 38.8 Å². The van der Waals surface area contributed by atoms with Gasteiger partial charge in [-0.25, -0.2) is 4.98 Å². The van der Waals surface area contributed by atoms with Gasteiger partial charge in [0.2, 0.25) is 0 Å². The number of carbonyl (C=O) groups excluding carboxylic acids is 1. The van der Waals surface area contributed by atoms with E-state index in [9.17, 15) is 4.79 Å². The van der Waals surface area contributed by atoms with E-state index in [1.807, 2.05) is 42.5 Å². The highest BCUT2D eigenvalue weighted by Gasteiger charge is 2.19. The highest BCUT2D eigenvalue weighted by molar-refractivity contribution is 7.21. The van der Waals surface area contributed by atoms with Crippen molar-refractivity contribution in [2.24, 2.45) is 0 Å². The molecule has 0 aliphatic carbocycles. The number of pyridine rings is 1. The van der Waals surface area contributed by atoms with Crippen LogP contribution in [0.25, 0.3) is 20.8 Å². The number of hydrogen-bond donors (Lipinski definition) is 1. The first-order valence-corrected chi connectivity index (χ1v) is 11.1. The fourth-order valence-electron chi connectivity index (χ4n) is 3.85. The fourth-order valence-corrected chi connectivity index (χ4v) is 4.81.